The Morgan fingerprint density at radius 1 is 1.24 bits per heavy atom. The van der Waals surface area contributed by atoms with E-state index in [1.807, 2.05) is 37.3 Å². The maximum Gasteiger partial charge on any atom is 0.303 e. The first-order chi connectivity index (χ1) is 9.99. The predicted octanol–water partition coefficient (Wildman–Crippen LogP) is 2.20. The monoisotopic (exact) mass is 287 g/mol. The van der Waals surface area contributed by atoms with Crippen LogP contribution in [0.3, 0.4) is 0 Å². The molecule has 2 aromatic rings. The van der Waals surface area contributed by atoms with Crippen molar-refractivity contribution in [2.75, 3.05) is 5.32 Å². The molecule has 0 radical (unpaired) electrons. The molecule has 2 N–H and O–H groups in total. The normalized spacial score (nSPS) is 10.4. The van der Waals surface area contributed by atoms with Crippen molar-refractivity contribution in [3.8, 4) is 11.1 Å². The standard InChI is InChI=1S/C15H17N3O3/c1-10-14(11-6-4-3-5-7-11)15(18(2)17-10)16-12(19)8-9-13(20)21/h3-7H,8-9H2,1-2H3,(H,16,19)(H,20,21). The van der Waals surface area contributed by atoms with Crippen molar-refractivity contribution < 1.29 is 14.7 Å². The molecule has 0 aliphatic carbocycles. The first-order valence-electron chi connectivity index (χ1n) is 6.59. The molecule has 0 fully saturated rings. The second-order valence-corrected chi connectivity index (χ2v) is 4.74. The van der Waals surface area contributed by atoms with Crippen molar-refractivity contribution in [1.29, 1.82) is 0 Å². The average Bonchev–Trinajstić information content (AvgIpc) is 2.72. The summed E-state index contributed by atoms with van der Waals surface area (Å²) in [7, 11) is 1.74. The fourth-order valence-electron chi connectivity index (χ4n) is 2.17. The molecule has 0 saturated heterocycles. The molecule has 1 heterocycles. The maximum atomic E-state index is 11.8. The van der Waals surface area contributed by atoms with Crippen molar-refractivity contribution in [3.05, 3.63) is 36.0 Å². The number of amides is 1. The third kappa shape index (κ3) is 3.47. The lowest BCUT2D eigenvalue weighted by Crippen LogP contribution is -2.16. The summed E-state index contributed by atoms with van der Waals surface area (Å²) in [6.45, 7) is 1.87. The lowest BCUT2D eigenvalue weighted by molar-refractivity contribution is -0.138. The summed E-state index contributed by atoms with van der Waals surface area (Å²) in [5.74, 6) is -0.749. The summed E-state index contributed by atoms with van der Waals surface area (Å²) >= 11 is 0. The highest BCUT2D eigenvalue weighted by Crippen LogP contribution is 2.30. The number of carboxylic acids is 1. The molecule has 0 bridgehead atoms. The molecule has 1 aromatic carbocycles. The number of anilines is 1. The van der Waals surface area contributed by atoms with Gasteiger partial charge in [-0.3, -0.25) is 14.3 Å². The number of nitrogens with one attached hydrogen (secondary N) is 1. The molecule has 1 aromatic heterocycles. The Bertz CT molecular complexity index is 662. The molecule has 6 heteroatoms. The van der Waals surface area contributed by atoms with Gasteiger partial charge in [0.1, 0.15) is 5.82 Å². The van der Waals surface area contributed by atoms with Gasteiger partial charge in [0, 0.05) is 19.0 Å². The van der Waals surface area contributed by atoms with Crippen molar-refractivity contribution >= 4 is 17.7 Å². The highest BCUT2D eigenvalue weighted by molar-refractivity contribution is 5.95. The number of rotatable bonds is 5. The number of carboxylic acid groups (broad SMARTS) is 1. The number of hydrogen-bond donors (Lipinski definition) is 2. The van der Waals surface area contributed by atoms with Crippen LogP contribution in [0.1, 0.15) is 18.5 Å². The van der Waals surface area contributed by atoms with Crippen LogP contribution in [0.2, 0.25) is 0 Å². The van der Waals surface area contributed by atoms with Crippen LogP contribution >= 0.6 is 0 Å². The lowest BCUT2D eigenvalue weighted by atomic mass is 10.1. The van der Waals surface area contributed by atoms with Crippen LogP contribution in [0.25, 0.3) is 11.1 Å². The molecule has 21 heavy (non-hydrogen) atoms. The molecule has 0 aliphatic rings. The lowest BCUT2D eigenvalue weighted by Gasteiger charge is -2.08. The van der Waals surface area contributed by atoms with E-state index >= 15 is 0 Å². The van der Waals surface area contributed by atoms with E-state index in [-0.39, 0.29) is 18.7 Å². The van der Waals surface area contributed by atoms with E-state index in [2.05, 4.69) is 10.4 Å². The molecule has 0 atom stereocenters. The number of carbonyl (C=O) groups excluding carboxylic acids is 1. The molecular formula is C15H17N3O3. The number of benzene rings is 1. The zero-order chi connectivity index (χ0) is 15.4. The highest BCUT2D eigenvalue weighted by atomic mass is 16.4. The smallest absolute Gasteiger partial charge is 0.303 e. The minimum absolute atomic E-state index is 0.0617. The van der Waals surface area contributed by atoms with Gasteiger partial charge in [0.2, 0.25) is 5.91 Å². The second kappa shape index (κ2) is 6.21. The van der Waals surface area contributed by atoms with Crippen molar-refractivity contribution in [3.63, 3.8) is 0 Å². The Kier molecular flexibility index (Phi) is 4.37. The van der Waals surface area contributed by atoms with Crippen LogP contribution in [-0.4, -0.2) is 26.8 Å². The topological polar surface area (TPSA) is 84.2 Å². The van der Waals surface area contributed by atoms with E-state index < -0.39 is 5.97 Å². The fourth-order valence-corrected chi connectivity index (χ4v) is 2.17. The van der Waals surface area contributed by atoms with Crippen molar-refractivity contribution in [1.82, 2.24) is 9.78 Å². The van der Waals surface area contributed by atoms with Crippen LogP contribution in [0.4, 0.5) is 5.82 Å². The summed E-state index contributed by atoms with van der Waals surface area (Å²) < 4.78 is 1.59. The molecular weight excluding hydrogens is 270 g/mol. The van der Waals surface area contributed by atoms with Crippen LogP contribution in [0.5, 0.6) is 0 Å². The molecule has 6 nitrogen and oxygen atoms in total. The number of aromatic nitrogens is 2. The van der Waals surface area contributed by atoms with E-state index in [4.69, 9.17) is 5.11 Å². The van der Waals surface area contributed by atoms with Crippen LogP contribution in [0, 0.1) is 6.92 Å². The first kappa shape index (κ1) is 14.8. The van der Waals surface area contributed by atoms with Crippen LogP contribution < -0.4 is 5.32 Å². The van der Waals surface area contributed by atoms with Gasteiger partial charge < -0.3 is 10.4 Å². The van der Waals surface area contributed by atoms with E-state index in [0.29, 0.717) is 5.82 Å². The minimum Gasteiger partial charge on any atom is -0.481 e. The third-order valence-electron chi connectivity index (χ3n) is 3.11. The fraction of sp³-hybridized carbons (Fsp3) is 0.267. The average molecular weight is 287 g/mol. The third-order valence-corrected chi connectivity index (χ3v) is 3.11. The zero-order valence-electron chi connectivity index (χ0n) is 12.0. The summed E-state index contributed by atoms with van der Waals surface area (Å²) in [4.78, 5) is 22.4. The number of nitrogens with zero attached hydrogens (tertiary/aromatic N) is 2. The molecule has 2 rings (SSSR count). The largest absolute Gasteiger partial charge is 0.481 e. The van der Waals surface area contributed by atoms with E-state index in [0.717, 1.165) is 16.8 Å². The van der Waals surface area contributed by atoms with Gasteiger partial charge in [0.05, 0.1) is 12.1 Å². The van der Waals surface area contributed by atoms with Gasteiger partial charge in [-0.1, -0.05) is 30.3 Å². The number of hydrogen-bond acceptors (Lipinski definition) is 3. The number of carbonyl (C=O) groups is 2. The molecule has 0 saturated carbocycles. The SMILES string of the molecule is Cc1nn(C)c(NC(=O)CCC(=O)O)c1-c1ccccc1. The zero-order valence-corrected chi connectivity index (χ0v) is 12.0. The first-order valence-corrected chi connectivity index (χ1v) is 6.59. The van der Waals surface area contributed by atoms with Crippen LogP contribution in [0.15, 0.2) is 30.3 Å². The molecule has 0 unspecified atom stereocenters. The summed E-state index contributed by atoms with van der Waals surface area (Å²) in [5.41, 5.74) is 2.61. The van der Waals surface area contributed by atoms with Gasteiger partial charge in [-0.2, -0.15) is 5.10 Å². The predicted molar refractivity (Wildman–Crippen MR) is 78.9 cm³/mol. The Morgan fingerprint density at radius 3 is 2.52 bits per heavy atom. The minimum atomic E-state index is -0.991. The molecule has 0 spiro atoms. The Balaban J connectivity index is 2.28. The summed E-state index contributed by atoms with van der Waals surface area (Å²) in [6, 6.07) is 9.63. The van der Waals surface area contributed by atoms with Gasteiger partial charge in [-0.05, 0) is 12.5 Å². The number of aliphatic carboxylic acids is 1. The maximum absolute atomic E-state index is 11.8. The van der Waals surface area contributed by atoms with Gasteiger partial charge in [-0.15, -0.1) is 0 Å². The van der Waals surface area contributed by atoms with Gasteiger partial charge >= 0.3 is 5.97 Å². The second-order valence-electron chi connectivity index (χ2n) is 4.74. The van der Waals surface area contributed by atoms with E-state index in [1.54, 1.807) is 11.7 Å². The Hall–Kier alpha value is -2.63. The van der Waals surface area contributed by atoms with Gasteiger partial charge in [0.25, 0.3) is 0 Å². The van der Waals surface area contributed by atoms with Crippen molar-refractivity contribution in [2.45, 2.75) is 19.8 Å². The molecule has 110 valence electrons. The van der Waals surface area contributed by atoms with Crippen molar-refractivity contribution in [2.24, 2.45) is 7.05 Å². The Labute approximate surface area is 122 Å². The number of aryl methyl sites for hydroxylation is 2. The van der Waals surface area contributed by atoms with E-state index in [9.17, 15) is 9.59 Å². The summed E-state index contributed by atoms with van der Waals surface area (Å²) in [6.07, 6.45) is -0.253. The quantitative estimate of drug-likeness (QED) is 0.883. The van der Waals surface area contributed by atoms with Gasteiger partial charge in [0.15, 0.2) is 0 Å². The summed E-state index contributed by atoms with van der Waals surface area (Å²) in [5, 5.41) is 15.7. The van der Waals surface area contributed by atoms with E-state index in [1.165, 1.54) is 0 Å². The molecule has 1 amide bonds. The Morgan fingerprint density at radius 2 is 1.90 bits per heavy atom. The van der Waals surface area contributed by atoms with Gasteiger partial charge in [-0.25, -0.2) is 0 Å². The van der Waals surface area contributed by atoms with Crippen LogP contribution in [-0.2, 0) is 16.6 Å². The molecule has 0 aliphatic heterocycles. The highest BCUT2D eigenvalue weighted by Gasteiger charge is 2.17.